The summed E-state index contributed by atoms with van der Waals surface area (Å²) in [6.07, 6.45) is 5.23. The molecular weight excluding hydrogens is 441 g/mol. The minimum atomic E-state index is -4.48. The van der Waals surface area contributed by atoms with E-state index in [1.54, 1.807) is 6.20 Å². The third-order valence-electron chi connectivity index (χ3n) is 4.64. The number of nitrogens with zero attached hydrogens (tertiary/aromatic N) is 2. The molecule has 1 heterocycles. The number of aliphatic imine (C=N–C) groups is 1. The van der Waals surface area contributed by atoms with Gasteiger partial charge in [0.2, 0.25) is 0 Å². The number of aromatic nitrogens is 1. The van der Waals surface area contributed by atoms with Crippen molar-refractivity contribution < 1.29 is 22.7 Å². The van der Waals surface area contributed by atoms with E-state index in [0.29, 0.717) is 5.76 Å². The first-order valence-electron chi connectivity index (χ1n) is 11.4. The van der Waals surface area contributed by atoms with Crippen molar-refractivity contribution in [3.8, 4) is 5.75 Å². The fourth-order valence-electron chi connectivity index (χ4n) is 2.60. The predicted molar refractivity (Wildman–Crippen MR) is 134 cm³/mol. The standard InChI is InChI=1S/C20H25F3N2O.C7H12O/c1-6-8-16(9-7-2)18(13-24-14(3)4)15(5)26-17-10-11-19(25-12-17)20(21,22)23;1-4-6(3)7(8)5-2/h8,10-13H,5-7,9H2,1-4H3;5-6H,2,4H2,1,3H3/b16-8+,18-13+;. The number of hydrogen-bond donors (Lipinski definition) is 0. The Balaban J connectivity index is 0.00000116. The zero-order valence-electron chi connectivity index (χ0n) is 21.1. The highest BCUT2D eigenvalue weighted by atomic mass is 19.4. The lowest BCUT2D eigenvalue weighted by Gasteiger charge is -2.15. The molecule has 0 bridgehead atoms. The van der Waals surface area contributed by atoms with E-state index in [4.69, 9.17) is 4.74 Å². The lowest BCUT2D eigenvalue weighted by molar-refractivity contribution is -0.141. The molecule has 0 aliphatic heterocycles. The van der Waals surface area contributed by atoms with E-state index >= 15 is 0 Å². The van der Waals surface area contributed by atoms with Crippen molar-refractivity contribution in [2.24, 2.45) is 10.9 Å². The zero-order chi connectivity index (χ0) is 26.3. The van der Waals surface area contributed by atoms with Crippen molar-refractivity contribution in [1.29, 1.82) is 0 Å². The van der Waals surface area contributed by atoms with E-state index in [0.717, 1.165) is 54.8 Å². The van der Waals surface area contributed by atoms with Gasteiger partial charge in [-0.2, -0.15) is 13.2 Å². The number of hydrogen-bond acceptors (Lipinski definition) is 4. The van der Waals surface area contributed by atoms with Crippen LogP contribution in [0.3, 0.4) is 0 Å². The Hall–Kier alpha value is -2.96. The number of ketones is 1. The molecule has 0 aliphatic rings. The monoisotopic (exact) mass is 478 g/mol. The van der Waals surface area contributed by atoms with Crippen LogP contribution in [0.2, 0.25) is 0 Å². The maximum atomic E-state index is 12.6. The summed E-state index contributed by atoms with van der Waals surface area (Å²) in [4.78, 5) is 18.4. The normalized spacial score (nSPS) is 12.7. The summed E-state index contributed by atoms with van der Waals surface area (Å²) < 4.78 is 43.5. The second kappa shape index (κ2) is 15.8. The van der Waals surface area contributed by atoms with E-state index in [1.165, 1.54) is 12.1 Å². The first-order valence-corrected chi connectivity index (χ1v) is 11.4. The molecule has 7 heteroatoms. The zero-order valence-corrected chi connectivity index (χ0v) is 21.1. The minimum Gasteiger partial charge on any atom is -0.456 e. The van der Waals surface area contributed by atoms with Crippen LogP contribution in [0.25, 0.3) is 0 Å². The van der Waals surface area contributed by atoms with Crippen LogP contribution in [0.5, 0.6) is 5.75 Å². The molecule has 1 aromatic rings. The minimum absolute atomic E-state index is 0.146. The highest BCUT2D eigenvalue weighted by Crippen LogP contribution is 2.30. The van der Waals surface area contributed by atoms with Crippen LogP contribution in [0.15, 0.2) is 71.7 Å². The van der Waals surface area contributed by atoms with Gasteiger partial charge in [0.25, 0.3) is 0 Å². The van der Waals surface area contributed by atoms with Gasteiger partial charge in [0.15, 0.2) is 5.78 Å². The summed E-state index contributed by atoms with van der Waals surface area (Å²) in [6.45, 7) is 19.1. The van der Waals surface area contributed by atoms with Gasteiger partial charge < -0.3 is 4.74 Å². The van der Waals surface area contributed by atoms with Gasteiger partial charge in [-0.15, -0.1) is 0 Å². The summed E-state index contributed by atoms with van der Waals surface area (Å²) in [5.74, 6) is 0.822. The first-order chi connectivity index (χ1) is 15.9. The molecule has 0 radical (unpaired) electrons. The number of carbonyl (C=O) groups is 1. The lowest BCUT2D eigenvalue weighted by atomic mass is 10.00. The van der Waals surface area contributed by atoms with Crippen LogP contribution >= 0.6 is 0 Å². The van der Waals surface area contributed by atoms with Crippen LogP contribution in [0.1, 0.15) is 72.9 Å². The Kier molecular flexibility index (Phi) is 14.4. The molecule has 0 fully saturated rings. The fourth-order valence-corrected chi connectivity index (χ4v) is 2.60. The molecule has 1 aromatic heterocycles. The molecule has 0 spiro atoms. The van der Waals surface area contributed by atoms with Crippen LogP contribution in [-0.2, 0) is 11.0 Å². The highest BCUT2D eigenvalue weighted by molar-refractivity contribution is 5.90. The Morgan fingerprint density at radius 2 is 1.88 bits per heavy atom. The van der Waals surface area contributed by atoms with Crippen LogP contribution in [-0.4, -0.2) is 16.5 Å². The highest BCUT2D eigenvalue weighted by Gasteiger charge is 2.32. The molecule has 1 atom stereocenters. The topological polar surface area (TPSA) is 51.6 Å². The van der Waals surface area contributed by atoms with Crippen molar-refractivity contribution in [3.05, 3.63) is 72.4 Å². The van der Waals surface area contributed by atoms with Gasteiger partial charge in [-0.1, -0.05) is 53.3 Å². The van der Waals surface area contributed by atoms with Crippen molar-refractivity contribution in [1.82, 2.24) is 4.98 Å². The Labute approximate surface area is 202 Å². The molecule has 4 nitrogen and oxygen atoms in total. The molecule has 34 heavy (non-hydrogen) atoms. The maximum Gasteiger partial charge on any atom is 0.433 e. The smallest absolute Gasteiger partial charge is 0.433 e. The first kappa shape index (κ1) is 31.0. The molecular formula is C27H37F3N2O2. The molecule has 0 N–H and O–H groups in total. The average molecular weight is 479 g/mol. The maximum absolute atomic E-state index is 12.6. The van der Waals surface area contributed by atoms with E-state index in [9.17, 15) is 18.0 Å². The Morgan fingerprint density at radius 1 is 1.24 bits per heavy atom. The predicted octanol–water partition coefficient (Wildman–Crippen LogP) is 8.28. The number of halogens is 3. The molecule has 0 aromatic carbocycles. The fraction of sp³-hybridized carbons (Fsp3) is 0.444. The lowest BCUT2D eigenvalue weighted by Crippen LogP contribution is -2.08. The van der Waals surface area contributed by atoms with Gasteiger partial charge in [-0.25, -0.2) is 4.98 Å². The van der Waals surface area contributed by atoms with Gasteiger partial charge in [0.05, 0.1) is 6.20 Å². The second-order valence-corrected chi connectivity index (χ2v) is 7.82. The summed E-state index contributed by atoms with van der Waals surface area (Å²) in [7, 11) is 0. The molecule has 1 unspecified atom stereocenters. The van der Waals surface area contributed by atoms with Gasteiger partial charge in [0.1, 0.15) is 17.2 Å². The number of carbonyl (C=O) groups excluding carboxylic acids is 1. The van der Waals surface area contributed by atoms with Gasteiger partial charge in [-0.05, 0) is 56.9 Å². The number of alkyl halides is 3. The summed E-state index contributed by atoms with van der Waals surface area (Å²) >= 11 is 0. The summed E-state index contributed by atoms with van der Waals surface area (Å²) in [5, 5.41) is 0. The van der Waals surface area contributed by atoms with Crippen molar-refractivity contribution in [3.63, 3.8) is 0 Å². The van der Waals surface area contributed by atoms with E-state index < -0.39 is 11.9 Å². The molecule has 0 saturated heterocycles. The third-order valence-corrected chi connectivity index (χ3v) is 4.64. The average Bonchev–Trinajstić information content (AvgIpc) is 2.78. The molecule has 0 saturated carbocycles. The van der Waals surface area contributed by atoms with E-state index in [2.05, 4.69) is 36.1 Å². The van der Waals surface area contributed by atoms with Crippen LogP contribution in [0.4, 0.5) is 13.2 Å². The second-order valence-electron chi connectivity index (χ2n) is 7.82. The summed E-state index contributed by atoms with van der Waals surface area (Å²) in [5.41, 5.74) is 1.69. The SMILES string of the molecule is C=C(Oc1ccc(C(F)(F)F)nc1)C(=C\N=C(C)C)/C(=C/CC)CCC.C=CC(=O)C(C)CC. The number of rotatable bonds is 11. The molecule has 0 amide bonds. The van der Waals surface area contributed by atoms with Crippen LogP contribution < -0.4 is 4.74 Å². The van der Waals surface area contributed by atoms with E-state index in [1.807, 2.05) is 34.6 Å². The van der Waals surface area contributed by atoms with Crippen molar-refractivity contribution in [2.75, 3.05) is 0 Å². The van der Waals surface area contributed by atoms with Crippen LogP contribution in [0, 0.1) is 5.92 Å². The van der Waals surface area contributed by atoms with Gasteiger partial charge in [-0.3, -0.25) is 9.79 Å². The number of pyridine rings is 1. The Bertz CT molecular complexity index is 891. The number of ether oxygens (including phenoxy) is 1. The number of allylic oxidation sites excluding steroid dienone is 3. The van der Waals surface area contributed by atoms with Crippen molar-refractivity contribution >= 4 is 11.5 Å². The molecule has 188 valence electrons. The Morgan fingerprint density at radius 3 is 2.26 bits per heavy atom. The molecule has 1 rings (SSSR count). The summed E-state index contributed by atoms with van der Waals surface area (Å²) in [6, 6.07) is 2.12. The van der Waals surface area contributed by atoms with Gasteiger partial charge in [0, 0.05) is 23.4 Å². The van der Waals surface area contributed by atoms with E-state index in [-0.39, 0.29) is 17.5 Å². The largest absolute Gasteiger partial charge is 0.456 e. The third kappa shape index (κ3) is 11.8. The quantitative estimate of drug-likeness (QED) is 0.139. The van der Waals surface area contributed by atoms with Crippen molar-refractivity contribution in [2.45, 2.75) is 73.4 Å². The molecule has 0 aliphatic carbocycles. The van der Waals surface area contributed by atoms with Gasteiger partial charge >= 0.3 is 6.18 Å².